The molecule has 0 unspecified atom stereocenters. The van der Waals surface area contributed by atoms with Crippen LogP contribution in [0.3, 0.4) is 0 Å². The number of benzene rings is 3. The standard InChI is InChI=1S/C31H28F2N6O3S/c1-4-42-30(41)27-26(15-18(2)3)43-31(34-29(40)24-14-13-21(32)16-25(24)33)39(27)17-19-9-11-20(12-10-19)22-7-5-6-8-23(22)28-35-37-38-36-28/h5-14,16,18H,4,15,17H2,1-3H3,(H,35,36,37,38). The Morgan fingerprint density at radius 2 is 1.79 bits per heavy atom. The van der Waals surface area contributed by atoms with Gasteiger partial charge in [0.25, 0.3) is 5.91 Å². The largest absolute Gasteiger partial charge is 0.461 e. The van der Waals surface area contributed by atoms with Crippen LogP contribution in [0.15, 0.2) is 71.7 Å². The molecule has 0 aliphatic heterocycles. The molecule has 9 nitrogen and oxygen atoms in total. The summed E-state index contributed by atoms with van der Waals surface area (Å²) in [6.45, 7) is 6.10. The highest BCUT2D eigenvalue weighted by molar-refractivity contribution is 7.09. The van der Waals surface area contributed by atoms with Gasteiger partial charge in [0.15, 0.2) is 4.80 Å². The summed E-state index contributed by atoms with van der Waals surface area (Å²) in [5, 5.41) is 14.3. The van der Waals surface area contributed by atoms with Gasteiger partial charge in [0, 0.05) is 16.5 Å². The Labute approximate surface area is 249 Å². The number of carbonyl (C=O) groups is 2. The molecule has 0 radical (unpaired) electrons. The highest BCUT2D eigenvalue weighted by atomic mass is 32.1. The minimum Gasteiger partial charge on any atom is -0.461 e. The van der Waals surface area contributed by atoms with Crippen molar-refractivity contribution >= 4 is 23.2 Å². The summed E-state index contributed by atoms with van der Waals surface area (Å²) in [5.41, 5.74) is 3.38. The van der Waals surface area contributed by atoms with E-state index < -0.39 is 23.5 Å². The van der Waals surface area contributed by atoms with E-state index in [1.54, 1.807) is 11.5 Å². The second-order valence-electron chi connectivity index (χ2n) is 10.1. The van der Waals surface area contributed by atoms with Crippen LogP contribution < -0.4 is 4.80 Å². The van der Waals surface area contributed by atoms with Crippen molar-refractivity contribution in [1.82, 2.24) is 25.2 Å². The zero-order chi connectivity index (χ0) is 30.5. The molecule has 0 bridgehead atoms. The average Bonchev–Trinajstić information content (AvgIpc) is 3.62. The summed E-state index contributed by atoms with van der Waals surface area (Å²) >= 11 is 1.18. The van der Waals surface area contributed by atoms with Gasteiger partial charge in [-0.2, -0.15) is 10.2 Å². The number of tetrazole rings is 1. The number of thiazole rings is 1. The molecule has 12 heteroatoms. The van der Waals surface area contributed by atoms with Gasteiger partial charge in [-0.05, 0) is 53.3 Å². The Kier molecular flexibility index (Phi) is 8.96. The topological polar surface area (TPSA) is 115 Å². The first-order valence-electron chi connectivity index (χ1n) is 13.6. The molecule has 0 fully saturated rings. The van der Waals surface area contributed by atoms with Gasteiger partial charge in [0.2, 0.25) is 5.82 Å². The molecule has 0 saturated heterocycles. The molecule has 5 aromatic rings. The highest BCUT2D eigenvalue weighted by Gasteiger charge is 2.24. The summed E-state index contributed by atoms with van der Waals surface area (Å²) in [7, 11) is 0. The number of carbonyl (C=O) groups excluding carboxylic acids is 2. The van der Waals surface area contributed by atoms with Gasteiger partial charge >= 0.3 is 5.97 Å². The van der Waals surface area contributed by atoms with Crippen molar-refractivity contribution in [3.8, 4) is 22.5 Å². The maximum absolute atomic E-state index is 14.4. The lowest BCUT2D eigenvalue weighted by atomic mass is 9.98. The fourth-order valence-electron chi connectivity index (χ4n) is 4.61. The number of halogens is 2. The molecule has 0 spiro atoms. The molecule has 3 aromatic carbocycles. The Hall–Kier alpha value is -4.84. The van der Waals surface area contributed by atoms with E-state index in [0.717, 1.165) is 34.4 Å². The van der Waals surface area contributed by atoms with Crippen LogP contribution in [0.25, 0.3) is 22.5 Å². The second kappa shape index (κ2) is 13.0. The molecule has 0 aliphatic rings. The van der Waals surface area contributed by atoms with E-state index in [2.05, 4.69) is 25.6 Å². The molecule has 220 valence electrons. The lowest BCUT2D eigenvalue weighted by Gasteiger charge is -2.12. The van der Waals surface area contributed by atoms with Gasteiger partial charge in [0.1, 0.15) is 17.3 Å². The minimum absolute atomic E-state index is 0.163. The Morgan fingerprint density at radius 3 is 2.44 bits per heavy atom. The molecule has 2 aromatic heterocycles. The van der Waals surface area contributed by atoms with E-state index >= 15 is 0 Å². The summed E-state index contributed by atoms with van der Waals surface area (Å²) in [4.78, 5) is 31.4. The first-order valence-corrected chi connectivity index (χ1v) is 14.4. The van der Waals surface area contributed by atoms with E-state index in [-0.39, 0.29) is 29.4 Å². The van der Waals surface area contributed by atoms with Gasteiger partial charge < -0.3 is 9.30 Å². The van der Waals surface area contributed by atoms with Crippen LogP contribution in [0.2, 0.25) is 0 Å². The van der Waals surface area contributed by atoms with Crippen LogP contribution in [0.5, 0.6) is 0 Å². The summed E-state index contributed by atoms with van der Waals surface area (Å²) in [6, 6.07) is 18.1. The monoisotopic (exact) mass is 602 g/mol. The van der Waals surface area contributed by atoms with Gasteiger partial charge in [0.05, 0.1) is 18.7 Å². The Morgan fingerprint density at radius 1 is 1.05 bits per heavy atom. The number of esters is 1. The third kappa shape index (κ3) is 6.64. The maximum Gasteiger partial charge on any atom is 0.356 e. The van der Waals surface area contributed by atoms with Crippen molar-refractivity contribution in [2.75, 3.05) is 6.61 Å². The van der Waals surface area contributed by atoms with Crippen LogP contribution in [0, 0.1) is 17.6 Å². The van der Waals surface area contributed by atoms with Crippen molar-refractivity contribution < 1.29 is 23.1 Å². The Balaban J connectivity index is 1.58. The fraction of sp³-hybridized carbons (Fsp3) is 0.226. The van der Waals surface area contributed by atoms with E-state index in [4.69, 9.17) is 4.74 Å². The molecular formula is C31H28F2N6O3S. The first-order chi connectivity index (χ1) is 20.7. The van der Waals surface area contributed by atoms with E-state index in [1.165, 1.54) is 11.3 Å². The Bertz CT molecular complexity index is 1830. The van der Waals surface area contributed by atoms with Crippen molar-refractivity contribution in [2.45, 2.75) is 33.7 Å². The third-order valence-electron chi connectivity index (χ3n) is 6.52. The summed E-state index contributed by atoms with van der Waals surface area (Å²) < 4.78 is 34.9. The number of nitrogens with zero attached hydrogens (tertiary/aromatic N) is 5. The normalized spacial score (nSPS) is 11.7. The summed E-state index contributed by atoms with van der Waals surface area (Å²) in [5.74, 6) is -2.57. The molecule has 1 N–H and O–H groups in total. The molecule has 43 heavy (non-hydrogen) atoms. The fourth-order valence-corrected chi connectivity index (χ4v) is 5.93. The predicted molar refractivity (Wildman–Crippen MR) is 157 cm³/mol. The van der Waals surface area contributed by atoms with Gasteiger partial charge in [-0.3, -0.25) is 4.79 Å². The van der Waals surface area contributed by atoms with Gasteiger partial charge in [-0.25, -0.2) is 13.6 Å². The zero-order valence-corrected chi connectivity index (χ0v) is 24.5. The van der Waals surface area contributed by atoms with Crippen molar-refractivity contribution in [3.63, 3.8) is 0 Å². The number of aromatic nitrogens is 5. The number of ether oxygens (including phenoxy) is 1. The van der Waals surface area contributed by atoms with Gasteiger partial charge in [-0.15, -0.1) is 21.5 Å². The van der Waals surface area contributed by atoms with E-state index in [1.807, 2.05) is 62.4 Å². The molecule has 0 aliphatic carbocycles. The SMILES string of the molecule is CCOC(=O)c1c(CC(C)C)sc(=NC(=O)c2ccc(F)cc2F)n1Cc1ccc(-c2ccccc2-c2nn[nH]n2)cc1. The predicted octanol–water partition coefficient (Wildman–Crippen LogP) is 5.84. The van der Waals surface area contributed by atoms with Crippen LogP contribution in [0.4, 0.5) is 8.78 Å². The van der Waals surface area contributed by atoms with Crippen molar-refractivity contribution in [2.24, 2.45) is 10.9 Å². The number of rotatable bonds is 9. The van der Waals surface area contributed by atoms with E-state index in [0.29, 0.717) is 28.9 Å². The molecule has 2 heterocycles. The summed E-state index contributed by atoms with van der Waals surface area (Å²) in [6.07, 6.45) is 0.541. The average molecular weight is 603 g/mol. The number of hydrogen-bond donors (Lipinski definition) is 1. The van der Waals surface area contributed by atoms with Crippen LogP contribution in [0.1, 0.15) is 52.1 Å². The van der Waals surface area contributed by atoms with E-state index in [9.17, 15) is 18.4 Å². The highest BCUT2D eigenvalue weighted by Crippen LogP contribution is 2.30. The third-order valence-corrected chi connectivity index (χ3v) is 7.62. The van der Waals surface area contributed by atoms with Crippen LogP contribution >= 0.6 is 11.3 Å². The quantitative estimate of drug-likeness (QED) is 0.212. The number of amides is 1. The number of H-pyrrole nitrogens is 1. The minimum atomic E-state index is -1.01. The van der Waals surface area contributed by atoms with Crippen molar-refractivity contribution in [3.05, 3.63) is 105 Å². The number of hydrogen-bond acceptors (Lipinski definition) is 7. The zero-order valence-electron chi connectivity index (χ0n) is 23.7. The van der Waals surface area contributed by atoms with Crippen molar-refractivity contribution in [1.29, 1.82) is 0 Å². The van der Waals surface area contributed by atoms with Gasteiger partial charge in [-0.1, -0.05) is 62.4 Å². The van der Waals surface area contributed by atoms with Crippen LogP contribution in [-0.4, -0.2) is 43.7 Å². The first kappa shape index (κ1) is 29.6. The second-order valence-corrected chi connectivity index (χ2v) is 11.1. The lowest BCUT2D eigenvalue weighted by molar-refractivity contribution is 0.0512. The van der Waals surface area contributed by atoms with Crippen LogP contribution in [-0.2, 0) is 17.7 Å². The molecule has 5 rings (SSSR count). The molecule has 0 atom stereocenters. The maximum atomic E-state index is 14.4. The molecular weight excluding hydrogens is 574 g/mol. The molecule has 1 amide bonds. The number of aromatic amines is 1. The lowest BCUT2D eigenvalue weighted by Crippen LogP contribution is -2.24. The molecule has 0 saturated carbocycles. The number of nitrogens with one attached hydrogen (secondary N) is 1. The smallest absolute Gasteiger partial charge is 0.356 e.